The van der Waals surface area contributed by atoms with E-state index >= 15 is 0 Å². The summed E-state index contributed by atoms with van der Waals surface area (Å²) in [6.07, 6.45) is 6.29. The second kappa shape index (κ2) is 7.55. The lowest BCUT2D eigenvalue weighted by atomic mass is 10.1. The zero-order chi connectivity index (χ0) is 14.4. The highest BCUT2D eigenvalue weighted by Crippen LogP contribution is 2.17. The van der Waals surface area contributed by atoms with Gasteiger partial charge in [0.25, 0.3) is 0 Å². The van der Waals surface area contributed by atoms with Crippen molar-refractivity contribution in [2.24, 2.45) is 5.92 Å². The summed E-state index contributed by atoms with van der Waals surface area (Å²) in [6, 6.07) is 0. The van der Waals surface area contributed by atoms with Gasteiger partial charge < -0.3 is 15.1 Å². The number of aromatic nitrogens is 2. The fourth-order valence-electron chi connectivity index (χ4n) is 2.69. The molecule has 0 bridgehead atoms. The Morgan fingerprint density at radius 2 is 2.15 bits per heavy atom. The van der Waals surface area contributed by atoms with E-state index < -0.39 is 0 Å². The van der Waals surface area contributed by atoms with Crippen LogP contribution in [-0.4, -0.2) is 55.1 Å². The first-order valence-electron chi connectivity index (χ1n) is 7.60. The highest BCUT2D eigenvalue weighted by Gasteiger charge is 2.21. The van der Waals surface area contributed by atoms with Crippen molar-refractivity contribution < 1.29 is 0 Å². The maximum Gasteiger partial charge on any atom is 0.225 e. The summed E-state index contributed by atoms with van der Waals surface area (Å²) in [6.45, 7) is 7.49. The van der Waals surface area contributed by atoms with Crippen molar-refractivity contribution in [1.82, 2.24) is 20.2 Å². The molecule has 1 unspecified atom stereocenters. The van der Waals surface area contributed by atoms with Crippen LogP contribution in [0.4, 0.5) is 5.95 Å². The molecule has 0 radical (unpaired) electrons. The molecule has 0 aliphatic carbocycles. The Morgan fingerprint density at radius 3 is 2.75 bits per heavy atom. The van der Waals surface area contributed by atoms with Crippen molar-refractivity contribution in [3.8, 4) is 0 Å². The van der Waals surface area contributed by atoms with Crippen LogP contribution in [0, 0.1) is 5.92 Å². The number of hydrogen-bond acceptors (Lipinski definition) is 5. The van der Waals surface area contributed by atoms with Crippen LogP contribution in [0.1, 0.15) is 25.3 Å². The summed E-state index contributed by atoms with van der Waals surface area (Å²) in [7, 11) is 4.28. The van der Waals surface area contributed by atoms with Gasteiger partial charge in [-0.1, -0.05) is 6.92 Å². The van der Waals surface area contributed by atoms with Crippen LogP contribution in [0.25, 0.3) is 0 Å². The fourth-order valence-corrected chi connectivity index (χ4v) is 2.69. The third-order valence-electron chi connectivity index (χ3n) is 3.81. The lowest BCUT2D eigenvalue weighted by Gasteiger charge is -2.21. The molecule has 1 aromatic heterocycles. The molecule has 5 heteroatoms. The van der Waals surface area contributed by atoms with E-state index in [-0.39, 0.29) is 0 Å². The van der Waals surface area contributed by atoms with Crippen LogP contribution in [0.3, 0.4) is 0 Å². The van der Waals surface area contributed by atoms with Crippen LogP contribution in [0.2, 0.25) is 0 Å². The third kappa shape index (κ3) is 4.42. The van der Waals surface area contributed by atoms with E-state index in [1.54, 1.807) is 0 Å². The van der Waals surface area contributed by atoms with Gasteiger partial charge in [0.05, 0.1) is 0 Å². The molecule has 0 spiro atoms. The van der Waals surface area contributed by atoms with E-state index in [0.717, 1.165) is 43.5 Å². The van der Waals surface area contributed by atoms with Gasteiger partial charge in [-0.25, -0.2) is 9.97 Å². The van der Waals surface area contributed by atoms with Gasteiger partial charge >= 0.3 is 0 Å². The average Bonchev–Trinajstić information content (AvgIpc) is 2.85. The van der Waals surface area contributed by atoms with Gasteiger partial charge in [0.15, 0.2) is 0 Å². The first kappa shape index (κ1) is 15.2. The number of hydrogen-bond donors (Lipinski definition) is 1. The quantitative estimate of drug-likeness (QED) is 0.763. The molecular formula is C15H27N5. The Hall–Kier alpha value is -1.20. The average molecular weight is 277 g/mol. The fraction of sp³-hybridized carbons (Fsp3) is 0.733. The molecule has 1 aliphatic rings. The number of nitrogens with zero attached hydrogens (tertiary/aromatic N) is 4. The van der Waals surface area contributed by atoms with Crippen molar-refractivity contribution in [2.45, 2.75) is 26.3 Å². The Labute approximate surface area is 122 Å². The van der Waals surface area contributed by atoms with Crippen molar-refractivity contribution in [3.63, 3.8) is 0 Å². The predicted octanol–water partition coefficient (Wildman–Crippen LogP) is 1.36. The minimum atomic E-state index is 0.736. The summed E-state index contributed by atoms with van der Waals surface area (Å²) >= 11 is 0. The maximum atomic E-state index is 4.48. The topological polar surface area (TPSA) is 44.3 Å². The molecule has 1 atom stereocenters. The maximum absolute atomic E-state index is 4.48. The van der Waals surface area contributed by atoms with Gasteiger partial charge in [-0.05, 0) is 38.9 Å². The molecule has 2 rings (SSSR count). The van der Waals surface area contributed by atoms with E-state index in [1.807, 2.05) is 12.4 Å². The van der Waals surface area contributed by atoms with E-state index in [1.165, 1.54) is 19.5 Å². The van der Waals surface area contributed by atoms with Gasteiger partial charge in [-0.3, -0.25) is 0 Å². The van der Waals surface area contributed by atoms with Crippen LogP contribution < -0.4 is 10.2 Å². The first-order chi connectivity index (χ1) is 9.69. The van der Waals surface area contributed by atoms with Gasteiger partial charge in [0.1, 0.15) is 0 Å². The summed E-state index contributed by atoms with van der Waals surface area (Å²) in [5.74, 6) is 1.57. The number of nitrogens with one attached hydrogen (secondary N) is 1. The Kier molecular flexibility index (Phi) is 5.73. The van der Waals surface area contributed by atoms with E-state index in [4.69, 9.17) is 0 Å². The molecule has 0 aromatic carbocycles. The molecule has 1 saturated heterocycles. The van der Waals surface area contributed by atoms with Crippen molar-refractivity contribution in [3.05, 3.63) is 18.0 Å². The zero-order valence-corrected chi connectivity index (χ0v) is 13.0. The minimum Gasteiger partial charge on any atom is -0.344 e. The van der Waals surface area contributed by atoms with E-state index in [2.05, 4.69) is 46.1 Å². The minimum absolute atomic E-state index is 0.736. The molecule has 1 fully saturated rings. The summed E-state index contributed by atoms with van der Waals surface area (Å²) in [5.41, 5.74) is 1.15. The van der Waals surface area contributed by atoms with Crippen LogP contribution >= 0.6 is 0 Å². The molecule has 1 N–H and O–H groups in total. The Balaban J connectivity index is 1.82. The van der Waals surface area contributed by atoms with Crippen LogP contribution in [0.5, 0.6) is 0 Å². The Morgan fingerprint density at radius 1 is 1.40 bits per heavy atom. The molecule has 0 amide bonds. The van der Waals surface area contributed by atoms with Crippen molar-refractivity contribution >= 4 is 5.95 Å². The van der Waals surface area contributed by atoms with E-state index in [0.29, 0.717) is 0 Å². The number of anilines is 1. The lowest BCUT2D eigenvalue weighted by molar-refractivity contribution is 0.395. The molecule has 0 saturated carbocycles. The molecule has 2 heterocycles. The molecule has 1 aromatic rings. The van der Waals surface area contributed by atoms with E-state index in [9.17, 15) is 0 Å². The monoisotopic (exact) mass is 277 g/mol. The van der Waals surface area contributed by atoms with Gasteiger partial charge in [0.2, 0.25) is 5.95 Å². The van der Waals surface area contributed by atoms with Gasteiger partial charge in [-0.15, -0.1) is 0 Å². The molecular weight excluding hydrogens is 250 g/mol. The standard InChI is InChI=1S/C15H27N5/c1-4-6-16-8-14-9-17-15(18-10-14)20(3)12-13-5-7-19(2)11-13/h9-10,13,16H,4-8,11-12H2,1-3H3. The normalized spacial score (nSPS) is 19.4. The number of likely N-dealkylation sites (tertiary alicyclic amines) is 1. The summed E-state index contributed by atoms with van der Waals surface area (Å²) in [4.78, 5) is 13.5. The number of rotatable bonds is 7. The smallest absolute Gasteiger partial charge is 0.225 e. The Bertz CT molecular complexity index is 392. The summed E-state index contributed by atoms with van der Waals surface area (Å²) < 4.78 is 0. The largest absolute Gasteiger partial charge is 0.344 e. The van der Waals surface area contributed by atoms with Gasteiger partial charge in [-0.2, -0.15) is 0 Å². The summed E-state index contributed by atoms with van der Waals surface area (Å²) in [5, 5.41) is 3.36. The van der Waals surface area contributed by atoms with Crippen molar-refractivity contribution in [1.29, 1.82) is 0 Å². The first-order valence-corrected chi connectivity index (χ1v) is 7.60. The van der Waals surface area contributed by atoms with Crippen LogP contribution in [0.15, 0.2) is 12.4 Å². The van der Waals surface area contributed by atoms with Crippen molar-refractivity contribution in [2.75, 3.05) is 45.2 Å². The SMILES string of the molecule is CCCNCc1cnc(N(C)CC2CCN(C)C2)nc1. The second-order valence-corrected chi connectivity index (χ2v) is 5.87. The van der Waals surface area contributed by atoms with Gasteiger partial charge in [0, 0.05) is 44.6 Å². The molecule has 112 valence electrons. The second-order valence-electron chi connectivity index (χ2n) is 5.87. The predicted molar refractivity (Wildman–Crippen MR) is 82.9 cm³/mol. The highest BCUT2D eigenvalue weighted by atomic mass is 15.2. The molecule has 5 nitrogen and oxygen atoms in total. The third-order valence-corrected chi connectivity index (χ3v) is 3.81. The zero-order valence-electron chi connectivity index (χ0n) is 13.0. The lowest BCUT2D eigenvalue weighted by Crippen LogP contribution is -2.28. The van der Waals surface area contributed by atoms with Crippen LogP contribution in [-0.2, 0) is 6.54 Å². The highest BCUT2D eigenvalue weighted by molar-refractivity contribution is 5.28. The molecule has 20 heavy (non-hydrogen) atoms. The molecule has 1 aliphatic heterocycles.